The van der Waals surface area contributed by atoms with E-state index in [0.717, 1.165) is 25.1 Å². The number of nitrogens with two attached hydrogens (primary N) is 1. The summed E-state index contributed by atoms with van der Waals surface area (Å²) in [5.41, 5.74) is 0.561. The minimum atomic E-state index is -4.90. The molecule has 2 aromatic rings. The molecule has 1 amide bonds. The first-order valence-corrected chi connectivity index (χ1v) is 10.00. The molecule has 2 bridgehead atoms. The average molecular weight is 468 g/mol. The van der Waals surface area contributed by atoms with Crippen LogP contribution in [0.4, 0.5) is 23.2 Å². The van der Waals surface area contributed by atoms with Gasteiger partial charge in [0.2, 0.25) is 6.10 Å². The van der Waals surface area contributed by atoms with E-state index in [-0.39, 0.29) is 29.5 Å². The molecule has 3 aliphatic rings. The minimum absolute atomic E-state index is 0.0503. The van der Waals surface area contributed by atoms with Gasteiger partial charge in [0, 0.05) is 31.1 Å². The number of halogens is 4. The standard InChI is InChI=1S/C21H20F4N4O4/c1-12(30)32-19(14-3-2-4-15(22)9-14)20(31)28(26)29-17-6-5-13(10-16-7-8-27(16)29)18(11-17)33-21(23,24)25/h2-6,9,11,16,19H,7-8,10,26H2,1H3. The Kier molecular flexibility index (Phi) is 5.89. The Morgan fingerprint density at radius 1 is 1.21 bits per heavy atom. The van der Waals surface area contributed by atoms with E-state index in [2.05, 4.69) is 4.74 Å². The summed E-state index contributed by atoms with van der Waals surface area (Å²) in [6.45, 7) is 1.57. The Hall–Kier alpha value is -3.38. The van der Waals surface area contributed by atoms with Gasteiger partial charge in [-0.1, -0.05) is 18.2 Å². The Morgan fingerprint density at radius 2 is 1.97 bits per heavy atom. The van der Waals surface area contributed by atoms with Crippen LogP contribution in [0.25, 0.3) is 0 Å². The highest BCUT2D eigenvalue weighted by Gasteiger charge is 2.42. The fraction of sp³-hybridized carbons (Fsp3) is 0.333. The van der Waals surface area contributed by atoms with Crippen molar-refractivity contribution in [3.63, 3.8) is 0 Å². The normalized spacial score (nSPS) is 18.5. The van der Waals surface area contributed by atoms with Crippen LogP contribution in [0.3, 0.4) is 0 Å². The van der Waals surface area contributed by atoms with Gasteiger partial charge in [-0.3, -0.25) is 9.59 Å². The number of alkyl halides is 3. The van der Waals surface area contributed by atoms with E-state index >= 15 is 0 Å². The molecule has 0 aliphatic carbocycles. The topological polar surface area (TPSA) is 88.3 Å². The first-order valence-electron chi connectivity index (χ1n) is 10.00. The number of hydrogen-bond donors (Lipinski definition) is 1. The van der Waals surface area contributed by atoms with Gasteiger partial charge in [-0.05, 0) is 36.6 Å². The second kappa shape index (κ2) is 8.52. The number of carbonyl (C=O) groups is 2. The van der Waals surface area contributed by atoms with Crippen LogP contribution in [0.1, 0.15) is 30.6 Å². The molecular weight excluding hydrogens is 448 g/mol. The molecule has 1 fully saturated rings. The molecule has 8 nitrogen and oxygen atoms in total. The van der Waals surface area contributed by atoms with E-state index in [1.165, 1.54) is 29.4 Å². The third-order valence-electron chi connectivity index (χ3n) is 5.41. The number of carbonyl (C=O) groups excluding carboxylic acids is 2. The fourth-order valence-corrected chi connectivity index (χ4v) is 3.90. The number of rotatable bonds is 5. The third kappa shape index (κ3) is 4.71. The van der Waals surface area contributed by atoms with Gasteiger partial charge in [-0.2, -0.15) is 15.2 Å². The number of fused-ring (bicyclic) bond motifs is 2. The maximum absolute atomic E-state index is 13.8. The molecule has 0 saturated carbocycles. The molecule has 0 spiro atoms. The lowest BCUT2D eigenvalue weighted by molar-refractivity contribution is -0.275. The number of hydrogen-bond acceptors (Lipinski definition) is 7. The summed E-state index contributed by atoms with van der Waals surface area (Å²) in [6.07, 6.45) is -5.58. The summed E-state index contributed by atoms with van der Waals surface area (Å²) < 4.78 is 61.8. The number of benzene rings is 2. The van der Waals surface area contributed by atoms with Crippen molar-refractivity contribution in [2.45, 2.75) is 38.3 Å². The highest BCUT2D eigenvalue weighted by Crippen LogP contribution is 2.39. The highest BCUT2D eigenvalue weighted by atomic mass is 19.4. The van der Waals surface area contributed by atoms with E-state index in [4.69, 9.17) is 10.6 Å². The minimum Gasteiger partial charge on any atom is -0.447 e. The van der Waals surface area contributed by atoms with Crippen LogP contribution < -0.4 is 15.7 Å². The number of hydrazine groups is 3. The third-order valence-corrected chi connectivity index (χ3v) is 5.41. The van der Waals surface area contributed by atoms with Crippen molar-refractivity contribution in [2.75, 3.05) is 11.7 Å². The molecule has 5 rings (SSSR count). The van der Waals surface area contributed by atoms with Gasteiger partial charge in [0.05, 0.1) is 5.69 Å². The van der Waals surface area contributed by atoms with E-state index in [0.29, 0.717) is 23.6 Å². The maximum Gasteiger partial charge on any atom is 0.573 e. The Morgan fingerprint density at radius 3 is 2.58 bits per heavy atom. The fourth-order valence-electron chi connectivity index (χ4n) is 3.90. The summed E-state index contributed by atoms with van der Waals surface area (Å²) in [7, 11) is 0. The SMILES string of the molecule is CC(=O)OC(C(=O)N(N)N1c2ccc(c(OC(F)(F)F)c2)CC2CCN21)c1cccc(F)c1. The summed E-state index contributed by atoms with van der Waals surface area (Å²) >= 11 is 0. The zero-order valence-corrected chi connectivity index (χ0v) is 17.4. The second-order valence-electron chi connectivity index (χ2n) is 7.67. The Bertz CT molecular complexity index is 1080. The van der Waals surface area contributed by atoms with E-state index < -0.39 is 30.2 Å². The van der Waals surface area contributed by atoms with Crippen LogP contribution >= 0.6 is 0 Å². The zero-order chi connectivity index (χ0) is 23.9. The second-order valence-corrected chi connectivity index (χ2v) is 7.67. The predicted octanol–water partition coefficient (Wildman–Crippen LogP) is 3.00. The first-order chi connectivity index (χ1) is 15.5. The van der Waals surface area contributed by atoms with Crippen molar-refractivity contribution in [1.29, 1.82) is 0 Å². The summed E-state index contributed by atoms with van der Waals surface area (Å²) in [4.78, 5) is 25.0. The maximum atomic E-state index is 13.8. The number of ether oxygens (including phenoxy) is 2. The molecule has 176 valence electrons. The van der Waals surface area contributed by atoms with Gasteiger partial charge >= 0.3 is 18.2 Å². The molecule has 2 atom stereocenters. The smallest absolute Gasteiger partial charge is 0.447 e. The molecule has 2 N–H and O–H groups in total. The van der Waals surface area contributed by atoms with Crippen LogP contribution in [0.5, 0.6) is 5.75 Å². The van der Waals surface area contributed by atoms with Crippen molar-refractivity contribution in [3.8, 4) is 5.75 Å². The zero-order valence-electron chi connectivity index (χ0n) is 17.4. The monoisotopic (exact) mass is 468 g/mol. The van der Waals surface area contributed by atoms with Crippen LogP contribution in [0, 0.1) is 5.82 Å². The summed E-state index contributed by atoms with van der Waals surface area (Å²) in [6, 6.07) is 8.81. The first kappa shape index (κ1) is 22.8. The largest absolute Gasteiger partial charge is 0.573 e. The van der Waals surface area contributed by atoms with Crippen LogP contribution in [-0.2, 0) is 20.7 Å². The molecule has 2 unspecified atom stereocenters. The molecule has 33 heavy (non-hydrogen) atoms. The van der Waals surface area contributed by atoms with Crippen molar-refractivity contribution in [2.24, 2.45) is 5.84 Å². The molecule has 0 radical (unpaired) electrons. The van der Waals surface area contributed by atoms with Gasteiger partial charge in [-0.25, -0.2) is 10.2 Å². The van der Waals surface area contributed by atoms with E-state index in [9.17, 15) is 27.2 Å². The van der Waals surface area contributed by atoms with Gasteiger partial charge in [0.1, 0.15) is 11.6 Å². The van der Waals surface area contributed by atoms with E-state index in [1.807, 2.05) is 0 Å². The molecule has 12 heteroatoms. The number of anilines is 1. The van der Waals surface area contributed by atoms with Gasteiger partial charge in [0.15, 0.2) is 0 Å². The highest BCUT2D eigenvalue weighted by molar-refractivity contribution is 5.85. The van der Waals surface area contributed by atoms with Gasteiger partial charge in [0.25, 0.3) is 0 Å². The molecular formula is C21H20F4N4O4. The van der Waals surface area contributed by atoms with Gasteiger partial charge in [-0.15, -0.1) is 13.2 Å². The predicted molar refractivity (Wildman–Crippen MR) is 106 cm³/mol. The average Bonchev–Trinajstić information content (AvgIpc) is 2.71. The molecule has 3 aliphatic heterocycles. The Labute approximate surface area is 186 Å². The van der Waals surface area contributed by atoms with E-state index in [1.54, 1.807) is 5.01 Å². The lowest BCUT2D eigenvalue weighted by atomic mass is 9.95. The molecule has 0 aromatic heterocycles. The van der Waals surface area contributed by atoms with Crippen LogP contribution in [0.15, 0.2) is 42.5 Å². The molecule has 2 aromatic carbocycles. The summed E-state index contributed by atoms with van der Waals surface area (Å²) in [5.74, 6) is 3.37. The number of amides is 1. The molecule has 1 saturated heterocycles. The van der Waals surface area contributed by atoms with Gasteiger partial charge < -0.3 is 9.47 Å². The van der Waals surface area contributed by atoms with Crippen molar-refractivity contribution in [1.82, 2.24) is 10.1 Å². The van der Waals surface area contributed by atoms with Crippen molar-refractivity contribution < 1.29 is 36.6 Å². The van der Waals surface area contributed by atoms with Crippen molar-refractivity contribution in [3.05, 3.63) is 59.4 Å². The van der Waals surface area contributed by atoms with Crippen molar-refractivity contribution >= 4 is 17.6 Å². The lowest BCUT2D eigenvalue weighted by Gasteiger charge is -2.52. The molecule has 3 heterocycles. The number of nitrogens with zero attached hydrogens (tertiary/aromatic N) is 3. The Balaban J connectivity index is 1.70. The summed E-state index contributed by atoms with van der Waals surface area (Å²) in [5, 5.41) is 3.59. The lowest BCUT2D eigenvalue weighted by Crippen LogP contribution is -2.68. The van der Waals surface area contributed by atoms with Crippen LogP contribution in [-0.4, -0.2) is 41.0 Å². The van der Waals surface area contributed by atoms with Crippen LogP contribution in [0.2, 0.25) is 0 Å². The quantitative estimate of drug-likeness (QED) is 0.237. The number of esters is 1.